The molecule has 0 unspecified atom stereocenters. The van der Waals surface area contributed by atoms with Crippen LogP contribution in [0.5, 0.6) is 0 Å². The van der Waals surface area contributed by atoms with E-state index in [1.54, 1.807) is 12.5 Å². The first-order valence-electron chi connectivity index (χ1n) is 13.6. The number of fused-ring (bicyclic) bond motifs is 1. The van der Waals surface area contributed by atoms with Crippen LogP contribution in [0.3, 0.4) is 0 Å². The average Bonchev–Trinajstić information content (AvgIpc) is 3.58. The summed E-state index contributed by atoms with van der Waals surface area (Å²) in [5, 5.41) is 17.3. The van der Waals surface area contributed by atoms with Crippen molar-refractivity contribution in [3.8, 4) is 11.4 Å². The molecule has 0 bridgehead atoms. The topological polar surface area (TPSA) is 138 Å². The predicted octanol–water partition coefficient (Wildman–Crippen LogP) is 4.62. The van der Waals surface area contributed by atoms with Crippen LogP contribution in [0, 0.1) is 0 Å². The lowest BCUT2D eigenvalue weighted by Gasteiger charge is -2.29. The molecular formula is C28H35N5O5. The molecule has 0 aliphatic heterocycles. The highest BCUT2D eigenvalue weighted by molar-refractivity contribution is 5.98. The molecule has 2 aliphatic carbocycles. The monoisotopic (exact) mass is 521 g/mol. The van der Waals surface area contributed by atoms with Crippen molar-refractivity contribution in [3.05, 3.63) is 42.4 Å². The number of amides is 3. The van der Waals surface area contributed by atoms with Gasteiger partial charge in [-0.1, -0.05) is 19.3 Å². The number of rotatable bonds is 8. The normalized spacial score (nSPS) is 20.2. The molecule has 3 amide bonds. The Bertz CT molecular complexity index is 1270. The Morgan fingerprint density at radius 2 is 1.71 bits per heavy atom. The summed E-state index contributed by atoms with van der Waals surface area (Å²) in [6.07, 6.45) is 12.2. The third-order valence-corrected chi connectivity index (χ3v) is 7.69. The van der Waals surface area contributed by atoms with Crippen LogP contribution < -0.4 is 16.0 Å². The van der Waals surface area contributed by atoms with Crippen LogP contribution in [-0.2, 0) is 4.79 Å². The molecule has 38 heavy (non-hydrogen) atoms. The summed E-state index contributed by atoms with van der Waals surface area (Å²) in [5.74, 6) is -0.181. The largest absolute Gasteiger partial charge is 0.481 e. The fourth-order valence-electron chi connectivity index (χ4n) is 5.71. The summed E-state index contributed by atoms with van der Waals surface area (Å²) in [7, 11) is 0. The van der Waals surface area contributed by atoms with Crippen LogP contribution in [-0.4, -0.2) is 51.2 Å². The van der Waals surface area contributed by atoms with Gasteiger partial charge in [0.05, 0.1) is 29.3 Å². The van der Waals surface area contributed by atoms with Gasteiger partial charge in [0.1, 0.15) is 12.1 Å². The standard InChI is InChI=1S/C28H35N5O5/c34-25(35)12-14-29-28(37)31-21-9-7-20(8-10-21)30-27(36)18-6-11-24-23(16-18)32-26(19-13-15-38-17-19)33(24)22-4-2-1-3-5-22/h6,11,13,15-17,20-22H,1-5,7-10,12,14H2,(H,30,36)(H,34,35)(H2,29,31,37). The lowest BCUT2D eigenvalue weighted by molar-refractivity contribution is -0.136. The first-order chi connectivity index (χ1) is 18.5. The van der Waals surface area contributed by atoms with Gasteiger partial charge in [0.15, 0.2) is 0 Å². The highest BCUT2D eigenvalue weighted by atomic mass is 16.4. The number of nitrogens with zero attached hydrogens (tertiary/aromatic N) is 2. The van der Waals surface area contributed by atoms with E-state index in [9.17, 15) is 14.4 Å². The zero-order chi connectivity index (χ0) is 26.5. The van der Waals surface area contributed by atoms with Crippen molar-refractivity contribution in [1.82, 2.24) is 25.5 Å². The minimum atomic E-state index is -0.948. The van der Waals surface area contributed by atoms with E-state index in [1.807, 2.05) is 24.3 Å². The van der Waals surface area contributed by atoms with Crippen LogP contribution in [0.2, 0.25) is 0 Å². The molecule has 202 valence electrons. The fourth-order valence-corrected chi connectivity index (χ4v) is 5.71. The lowest BCUT2D eigenvalue weighted by atomic mass is 9.91. The molecule has 5 rings (SSSR count). The van der Waals surface area contributed by atoms with Crippen LogP contribution in [0.1, 0.15) is 80.6 Å². The number of benzene rings is 1. The second-order valence-corrected chi connectivity index (χ2v) is 10.4. The van der Waals surface area contributed by atoms with E-state index in [0.717, 1.165) is 60.9 Å². The van der Waals surface area contributed by atoms with Gasteiger partial charge in [-0.3, -0.25) is 9.59 Å². The molecular weight excluding hydrogens is 486 g/mol. The molecule has 0 spiro atoms. The highest BCUT2D eigenvalue weighted by Crippen LogP contribution is 2.36. The number of carbonyl (C=O) groups is 3. The molecule has 2 saturated carbocycles. The summed E-state index contributed by atoms with van der Waals surface area (Å²) in [4.78, 5) is 40.6. The molecule has 0 saturated heterocycles. The quantitative estimate of drug-likeness (QED) is 0.341. The molecule has 2 heterocycles. The predicted molar refractivity (Wildman–Crippen MR) is 142 cm³/mol. The maximum Gasteiger partial charge on any atom is 0.315 e. The average molecular weight is 522 g/mol. The third kappa shape index (κ3) is 6.00. The minimum absolute atomic E-state index is 0.00873. The summed E-state index contributed by atoms with van der Waals surface area (Å²) in [6.45, 7) is 0.0966. The Morgan fingerprint density at radius 1 is 0.974 bits per heavy atom. The van der Waals surface area contributed by atoms with E-state index < -0.39 is 5.97 Å². The van der Waals surface area contributed by atoms with Crippen molar-refractivity contribution in [2.45, 2.75) is 82.3 Å². The van der Waals surface area contributed by atoms with E-state index in [-0.39, 0.29) is 37.0 Å². The van der Waals surface area contributed by atoms with E-state index in [2.05, 4.69) is 20.5 Å². The molecule has 3 aromatic rings. The smallest absolute Gasteiger partial charge is 0.315 e. The zero-order valence-electron chi connectivity index (χ0n) is 21.4. The number of carboxylic acid groups (broad SMARTS) is 1. The number of hydrogen-bond donors (Lipinski definition) is 4. The van der Waals surface area contributed by atoms with E-state index in [0.29, 0.717) is 11.6 Å². The molecule has 4 N–H and O–H groups in total. The van der Waals surface area contributed by atoms with Crippen molar-refractivity contribution < 1.29 is 23.9 Å². The molecule has 2 fully saturated rings. The lowest BCUT2D eigenvalue weighted by Crippen LogP contribution is -2.47. The summed E-state index contributed by atoms with van der Waals surface area (Å²) < 4.78 is 7.67. The Morgan fingerprint density at radius 3 is 2.39 bits per heavy atom. The van der Waals surface area contributed by atoms with Crippen LogP contribution >= 0.6 is 0 Å². The molecule has 10 nitrogen and oxygen atoms in total. The molecule has 10 heteroatoms. The van der Waals surface area contributed by atoms with Crippen molar-refractivity contribution >= 4 is 28.9 Å². The number of furan rings is 1. The maximum atomic E-state index is 13.1. The van der Waals surface area contributed by atoms with Gasteiger partial charge in [0.2, 0.25) is 0 Å². The number of aliphatic carboxylic acids is 1. The SMILES string of the molecule is O=C(O)CCNC(=O)NC1CCC(NC(=O)c2ccc3c(c2)nc(-c2ccoc2)n3C2CCCCC2)CC1. The summed E-state index contributed by atoms with van der Waals surface area (Å²) >= 11 is 0. The number of carboxylic acids is 1. The molecule has 0 radical (unpaired) electrons. The fraction of sp³-hybridized carbons (Fsp3) is 0.500. The molecule has 2 aromatic heterocycles. The summed E-state index contributed by atoms with van der Waals surface area (Å²) in [6, 6.07) is 7.78. The Hall–Kier alpha value is -3.82. The number of aromatic nitrogens is 2. The van der Waals surface area contributed by atoms with Crippen LogP contribution in [0.4, 0.5) is 4.79 Å². The Kier molecular flexibility index (Phi) is 7.95. The van der Waals surface area contributed by atoms with Crippen molar-refractivity contribution in [3.63, 3.8) is 0 Å². The second-order valence-electron chi connectivity index (χ2n) is 10.4. The van der Waals surface area contributed by atoms with Crippen molar-refractivity contribution in [2.24, 2.45) is 0 Å². The second kappa shape index (κ2) is 11.7. The zero-order valence-corrected chi connectivity index (χ0v) is 21.4. The Balaban J connectivity index is 1.21. The number of imidazole rings is 1. The minimum Gasteiger partial charge on any atom is -0.481 e. The first kappa shape index (κ1) is 25.8. The number of carbonyl (C=O) groups excluding carboxylic acids is 2. The highest BCUT2D eigenvalue weighted by Gasteiger charge is 2.26. The summed E-state index contributed by atoms with van der Waals surface area (Å²) in [5.41, 5.74) is 3.38. The molecule has 1 aromatic carbocycles. The third-order valence-electron chi connectivity index (χ3n) is 7.69. The van der Waals surface area contributed by atoms with Gasteiger partial charge in [-0.25, -0.2) is 9.78 Å². The van der Waals surface area contributed by atoms with Crippen molar-refractivity contribution in [2.75, 3.05) is 6.54 Å². The van der Waals surface area contributed by atoms with Crippen LogP contribution in [0.25, 0.3) is 22.4 Å². The van der Waals surface area contributed by atoms with Crippen LogP contribution in [0.15, 0.2) is 41.2 Å². The van der Waals surface area contributed by atoms with Gasteiger partial charge < -0.3 is 30.0 Å². The van der Waals surface area contributed by atoms with E-state index in [1.165, 1.54) is 19.3 Å². The van der Waals surface area contributed by atoms with Gasteiger partial charge in [-0.15, -0.1) is 0 Å². The Labute approximate surface area is 221 Å². The van der Waals surface area contributed by atoms with E-state index >= 15 is 0 Å². The van der Waals surface area contributed by atoms with E-state index in [4.69, 9.17) is 14.5 Å². The number of nitrogens with one attached hydrogen (secondary N) is 3. The first-order valence-corrected chi connectivity index (χ1v) is 13.6. The molecule has 2 aliphatic rings. The number of hydrogen-bond acceptors (Lipinski definition) is 5. The van der Waals surface area contributed by atoms with Gasteiger partial charge in [0, 0.05) is 30.2 Å². The van der Waals surface area contributed by atoms with Gasteiger partial charge in [-0.05, 0) is 62.8 Å². The van der Waals surface area contributed by atoms with Gasteiger partial charge >= 0.3 is 12.0 Å². The van der Waals surface area contributed by atoms with Gasteiger partial charge in [0.25, 0.3) is 5.91 Å². The molecule has 0 atom stereocenters. The number of urea groups is 1. The maximum absolute atomic E-state index is 13.1. The van der Waals surface area contributed by atoms with Gasteiger partial charge in [-0.2, -0.15) is 0 Å². The van der Waals surface area contributed by atoms with Crippen molar-refractivity contribution in [1.29, 1.82) is 0 Å².